The molecule has 17 rings (SSSR count). The van der Waals surface area contributed by atoms with Gasteiger partial charge in [-0.25, -0.2) is 0 Å². The Kier molecular flexibility index (Phi) is 16.1. The van der Waals surface area contributed by atoms with Crippen molar-refractivity contribution in [3.63, 3.8) is 0 Å². The molecule has 8 heteroatoms. The van der Waals surface area contributed by atoms with Crippen molar-refractivity contribution in [2.24, 2.45) is 0 Å². The van der Waals surface area contributed by atoms with Gasteiger partial charge >= 0.3 is 0 Å². The molecule has 0 saturated carbocycles. The molecule has 14 aromatic carbocycles. The summed E-state index contributed by atoms with van der Waals surface area (Å²) in [4.78, 5) is 5.03. The molecule has 0 bridgehead atoms. The fraction of sp³-hybridized carbons (Fsp3) is 0. The second-order valence-electron chi connectivity index (χ2n) is 23.4. The first-order chi connectivity index (χ1) is 45.5. The summed E-state index contributed by atoms with van der Waals surface area (Å²) in [6.45, 7) is 0. The molecule has 3 aliphatic heterocycles. The van der Waals surface area contributed by atoms with E-state index in [1.807, 2.05) is 24.3 Å². The van der Waals surface area contributed by atoms with Crippen molar-refractivity contribution < 1.29 is 0 Å². The summed E-state index contributed by atoms with van der Waals surface area (Å²) >= 11 is 6.66. The van der Waals surface area contributed by atoms with Gasteiger partial charge in [-0.05, 0) is 135 Å². The van der Waals surface area contributed by atoms with E-state index in [1.165, 1.54) is 96.4 Å². The highest BCUT2D eigenvalue weighted by Crippen LogP contribution is 2.43. The molecule has 1 N–H and O–H groups in total. The molecule has 0 atom stereocenters. The van der Waals surface area contributed by atoms with Gasteiger partial charge in [0.25, 0.3) is 0 Å². The van der Waals surface area contributed by atoms with Crippen molar-refractivity contribution >= 4 is 164 Å². The fourth-order valence-corrected chi connectivity index (χ4v) is 31.3. The van der Waals surface area contributed by atoms with E-state index >= 15 is 0 Å². The Morgan fingerprint density at radius 3 is 0.707 bits per heavy atom. The molecular weight excluding hydrogens is 1300 g/mol. The van der Waals surface area contributed by atoms with Gasteiger partial charge in [-0.2, -0.15) is 0 Å². The summed E-state index contributed by atoms with van der Waals surface area (Å²) in [6.07, 6.45) is 0. The molecular formula is C84H63Br2N3Si3. The maximum Gasteiger partial charge on any atom is 0.184 e. The van der Waals surface area contributed by atoms with Crippen molar-refractivity contribution in [1.82, 2.24) is 0 Å². The molecule has 3 nitrogen and oxygen atoms in total. The maximum absolute atomic E-state index is 3.67. The minimum Gasteiger partial charge on any atom is -0.356 e. The molecule has 440 valence electrons. The number of fused-ring (bicyclic) bond motifs is 6. The van der Waals surface area contributed by atoms with Crippen molar-refractivity contribution in [2.75, 3.05) is 15.1 Å². The lowest BCUT2D eigenvalue weighted by molar-refractivity contribution is 1.25. The SMILES string of the molecule is Brc1cccc(Br)c1.c1ccc([Si]2(c3ccccc3)c3ccccc3N(c3cccc(N4c5ccccc5[Si](c5ccccc5)(c5ccccc5)c5ccccc54)c3)c3ccccc32)cc1.c1ccc([Si]2(c3ccccc3)c3ccccc3Nc3ccccc32)cc1. The van der Waals surface area contributed by atoms with Crippen LogP contribution in [0.4, 0.5) is 45.5 Å². The molecule has 3 heterocycles. The molecule has 0 spiro atoms. The zero-order chi connectivity index (χ0) is 61.9. The molecule has 0 unspecified atom stereocenters. The van der Waals surface area contributed by atoms with Gasteiger partial charge in [0.2, 0.25) is 0 Å². The smallest absolute Gasteiger partial charge is 0.184 e. The molecule has 0 fully saturated rings. The van der Waals surface area contributed by atoms with E-state index in [9.17, 15) is 0 Å². The molecule has 0 aromatic heterocycles. The highest BCUT2D eigenvalue weighted by atomic mass is 79.9. The number of rotatable bonds is 8. The van der Waals surface area contributed by atoms with Crippen LogP contribution in [0, 0.1) is 0 Å². The predicted molar refractivity (Wildman–Crippen MR) is 405 cm³/mol. The Morgan fingerprint density at radius 2 is 0.435 bits per heavy atom. The fourth-order valence-electron chi connectivity index (χ4n) is 14.9. The van der Waals surface area contributed by atoms with Crippen LogP contribution in [0.15, 0.2) is 385 Å². The largest absolute Gasteiger partial charge is 0.356 e. The predicted octanol–water partition coefficient (Wildman–Crippen LogP) is 14.3. The summed E-state index contributed by atoms with van der Waals surface area (Å²) in [7, 11) is -7.78. The first-order valence-electron chi connectivity index (χ1n) is 31.3. The number of nitrogens with one attached hydrogen (secondary N) is 1. The van der Waals surface area contributed by atoms with Crippen LogP contribution in [0.1, 0.15) is 0 Å². The standard InChI is InChI=1S/C54H40N2Si2.C24H19NSi.C6H4Br2/c1-5-24-43(25-6-1)57(44-26-7-2-8-27-44)51-36-17-13-32-47(51)55(48-33-14-18-37-52(48)57)41-22-21-23-42(40-41)56-49-34-15-19-38-53(49)58(45-28-9-3-10-29-45,46-30-11-4-12-31-46)54-39-20-16-35-50(54)56;1-3-11-19(12-4-1)26(20-13-5-2-6-14-20)23-17-9-7-15-21(23)25-22-16-8-10-18-24(22)26;7-5-2-1-3-6(8)4-5/h1-40H;1-18,25H;1-4H. The summed E-state index contributed by atoms with van der Waals surface area (Å²) in [5.74, 6) is 0. The van der Waals surface area contributed by atoms with Gasteiger partial charge in [0.15, 0.2) is 24.2 Å². The van der Waals surface area contributed by atoms with Gasteiger partial charge < -0.3 is 15.1 Å². The molecule has 0 aliphatic carbocycles. The first kappa shape index (κ1) is 58.5. The van der Waals surface area contributed by atoms with E-state index in [2.05, 4.69) is 399 Å². The Hall–Kier alpha value is -9.91. The zero-order valence-electron chi connectivity index (χ0n) is 50.4. The number of benzene rings is 14. The highest BCUT2D eigenvalue weighted by Gasteiger charge is 2.51. The van der Waals surface area contributed by atoms with E-state index in [4.69, 9.17) is 0 Å². The minimum absolute atomic E-state index is 1.10. The summed E-state index contributed by atoms with van der Waals surface area (Å²) in [6, 6.07) is 138. The Balaban J connectivity index is 0.000000169. The van der Waals surface area contributed by atoms with Gasteiger partial charge in [-0.1, -0.05) is 335 Å². The second kappa shape index (κ2) is 25.4. The molecule has 0 amide bonds. The number of hydrogen-bond acceptors (Lipinski definition) is 3. The summed E-state index contributed by atoms with van der Waals surface area (Å²) in [5, 5.41) is 20.5. The molecule has 0 saturated heterocycles. The average molecular weight is 1360 g/mol. The molecule has 0 radical (unpaired) electrons. The van der Waals surface area contributed by atoms with Crippen LogP contribution < -0.4 is 77.4 Å². The summed E-state index contributed by atoms with van der Waals surface area (Å²) in [5.41, 5.74) is 9.66. The molecule has 3 aliphatic rings. The monoisotopic (exact) mass is 1360 g/mol. The van der Waals surface area contributed by atoms with E-state index in [1.54, 1.807) is 0 Å². The van der Waals surface area contributed by atoms with Crippen LogP contribution >= 0.6 is 31.9 Å². The lowest BCUT2D eigenvalue weighted by atomic mass is 10.1. The number of nitrogens with zero attached hydrogens (tertiary/aromatic N) is 2. The van der Waals surface area contributed by atoms with Gasteiger partial charge in [0, 0.05) is 54.4 Å². The third-order valence-electron chi connectivity index (χ3n) is 18.5. The number of para-hydroxylation sites is 6. The van der Waals surface area contributed by atoms with Gasteiger partial charge in [0.1, 0.15) is 0 Å². The van der Waals surface area contributed by atoms with Crippen LogP contribution in [0.2, 0.25) is 0 Å². The Bertz CT molecular complexity index is 4430. The van der Waals surface area contributed by atoms with E-state index in [0.717, 1.165) is 20.3 Å². The van der Waals surface area contributed by atoms with Crippen molar-refractivity contribution in [2.45, 2.75) is 0 Å². The van der Waals surface area contributed by atoms with E-state index < -0.39 is 24.2 Å². The lowest BCUT2D eigenvalue weighted by Gasteiger charge is -2.46. The first-order valence-corrected chi connectivity index (χ1v) is 38.9. The van der Waals surface area contributed by atoms with Crippen LogP contribution in [-0.4, -0.2) is 24.2 Å². The number of hydrogen-bond donors (Lipinski definition) is 1. The summed E-state index contributed by atoms with van der Waals surface area (Å²) < 4.78 is 2.21. The van der Waals surface area contributed by atoms with Crippen LogP contribution in [-0.2, 0) is 0 Å². The van der Waals surface area contributed by atoms with Crippen LogP contribution in [0.5, 0.6) is 0 Å². The second-order valence-corrected chi connectivity index (χ2v) is 36.4. The third kappa shape index (κ3) is 9.98. The number of halogens is 2. The Labute approximate surface area is 559 Å². The van der Waals surface area contributed by atoms with Gasteiger partial charge in [-0.15, -0.1) is 0 Å². The average Bonchev–Trinajstić information content (AvgIpc) is 0.715. The van der Waals surface area contributed by atoms with Gasteiger partial charge in [0.05, 0.1) is 0 Å². The van der Waals surface area contributed by atoms with Crippen molar-refractivity contribution in [3.8, 4) is 0 Å². The van der Waals surface area contributed by atoms with Gasteiger partial charge in [-0.3, -0.25) is 0 Å². The Morgan fingerprint density at radius 1 is 0.207 bits per heavy atom. The van der Waals surface area contributed by atoms with E-state index in [0.29, 0.717) is 0 Å². The normalized spacial score (nSPS) is 13.8. The van der Waals surface area contributed by atoms with Crippen LogP contribution in [0.25, 0.3) is 0 Å². The number of anilines is 8. The van der Waals surface area contributed by atoms with E-state index in [-0.39, 0.29) is 0 Å². The lowest BCUT2D eigenvalue weighted by Crippen LogP contribution is -2.77. The minimum atomic E-state index is -2.72. The van der Waals surface area contributed by atoms with Crippen molar-refractivity contribution in [1.29, 1.82) is 0 Å². The molecule has 14 aromatic rings. The highest BCUT2D eigenvalue weighted by molar-refractivity contribution is 9.11. The topological polar surface area (TPSA) is 18.5 Å². The van der Waals surface area contributed by atoms with Crippen molar-refractivity contribution in [3.05, 3.63) is 385 Å². The maximum atomic E-state index is 3.67. The molecule has 92 heavy (non-hydrogen) atoms. The zero-order valence-corrected chi connectivity index (χ0v) is 56.6. The quantitative estimate of drug-likeness (QED) is 0.153. The van der Waals surface area contributed by atoms with Crippen LogP contribution in [0.3, 0.4) is 0 Å². The third-order valence-corrected chi connectivity index (χ3v) is 34.1.